The van der Waals surface area contributed by atoms with E-state index in [9.17, 15) is 14.4 Å². The van der Waals surface area contributed by atoms with Crippen LogP contribution in [0.1, 0.15) is 30.4 Å². The van der Waals surface area contributed by atoms with Crippen LogP contribution in [0.15, 0.2) is 53.0 Å². The summed E-state index contributed by atoms with van der Waals surface area (Å²) in [5, 5.41) is 2.97. The van der Waals surface area contributed by atoms with Gasteiger partial charge in [0, 0.05) is 16.6 Å². The Morgan fingerprint density at radius 3 is 2.32 bits per heavy atom. The SMILES string of the molecule is Cc1cc(Br)ccc1NC(=O)[C@H](Cc1ccccc1)N1C(=O)[C@@H]2[C@H]3CC[C@@H](C3)[C@H]2C1=O. The first kappa shape index (κ1) is 20.4. The average molecular weight is 481 g/mol. The summed E-state index contributed by atoms with van der Waals surface area (Å²) in [4.78, 5) is 41.6. The Morgan fingerprint density at radius 2 is 1.71 bits per heavy atom. The zero-order chi connectivity index (χ0) is 21.7. The van der Waals surface area contributed by atoms with E-state index in [4.69, 9.17) is 0 Å². The summed E-state index contributed by atoms with van der Waals surface area (Å²) in [5.41, 5.74) is 2.52. The molecule has 3 aliphatic rings. The Morgan fingerprint density at radius 1 is 1.06 bits per heavy atom. The van der Waals surface area contributed by atoms with E-state index in [0.717, 1.165) is 34.9 Å². The van der Waals surface area contributed by atoms with Gasteiger partial charge < -0.3 is 5.32 Å². The number of anilines is 1. The molecule has 1 N–H and O–H groups in total. The largest absolute Gasteiger partial charge is 0.324 e. The Hall–Kier alpha value is -2.47. The third kappa shape index (κ3) is 3.51. The zero-order valence-corrected chi connectivity index (χ0v) is 19.0. The van der Waals surface area contributed by atoms with E-state index in [1.165, 1.54) is 4.90 Å². The van der Waals surface area contributed by atoms with Crippen molar-refractivity contribution in [3.8, 4) is 0 Å². The average Bonchev–Trinajstić information content (AvgIpc) is 3.43. The first-order chi connectivity index (χ1) is 14.9. The van der Waals surface area contributed by atoms with E-state index in [0.29, 0.717) is 23.9 Å². The number of hydrogen-bond acceptors (Lipinski definition) is 3. The molecule has 2 aromatic rings. The molecular formula is C25H25BrN2O3. The number of amides is 3. The molecule has 1 aliphatic heterocycles. The third-order valence-electron chi connectivity index (χ3n) is 7.29. The first-order valence-corrected chi connectivity index (χ1v) is 11.7. The molecule has 3 amide bonds. The number of carbonyl (C=O) groups excluding carboxylic acids is 3. The number of nitrogens with one attached hydrogen (secondary N) is 1. The molecule has 0 radical (unpaired) electrons. The fourth-order valence-electron chi connectivity index (χ4n) is 5.86. The van der Waals surface area contributed by atoms with Gasteiger partial charge in [0.05, 0.1) is 11.8 Å². The van der Waals surface area contributed by atoms with Crippen molar-refractivity contribution >= 4 is 39.3 Å². The lowest BCUT2D eigenvalue weighted by atomic mass is 9.81. The fraction of sp³-hybridized carbons (Fsp3) is 0.400. The summed E-state index contributed by atoms with van der Waals surface area (Å²) in [5.74, 6) is -0.477. The number of aryl methyl sites for hydroxylation is 1. The molecule has 2 aliphatic carbocycles. The van der Waals surface area contributed by atoms with E-state index in [2.05, 4.69) is 21.2 Å². The molecule has 3 fully saturated rings. The molecule has 5 atom stereocenters. The van der Waals surface area contributed by atoms with Gasteiger partial charge in [-0.05, 0) is 67.3 Å². The van der Waals surface area contributed by atoms with Crippen molar-refractivity contribution in [2.75, 3.05) is 5.32 Å². The van der Waals surface area contributed by atoms with Crippen molar-refractivity contribution in [2.24, 2.45) is 23.7 Å². The Bertz CT molecular complexity index is 1030. The highest BCUT2D eigenvalue weighted by molar-refractivity contribution is 9.10. The minimum Gasteiger partial charge on any atom is -0.324 e. The third-order valence-corrected chi connectivity index (χ3v) is 7.79. The fourth-order valence-corrected chi connectivity index (χ4v) is 6.34. The summed E-state index contributed by atoms with van der Waals surface area (Å²) in [6.45, 7) is 1.92. The van der Waals surface area contributed by atoms with Crippen LogP contribution >= 0.6 is 15.9 Å². The van der Waals surface area contributed by atoms with Gasteiger partial charge >= 0.3 is 0 Å². The summed E-state index contributed by atoms with van der Waals surface area (Å²) in [6.07, 6.45) is 3.33. The second kappa shape index (κ2) is 7.90. The number of halogens is 1. The van der Waals surface area contributed by atoms with Crippen LogP contribution in [-0.4, -0.2) is 28.7 Å². The molecule has 0 aromatic heterocycles. The van der Waals surface area contributed by atoms with Gasteiger partial charge in [0.2, 0.25) is 17.7 Å². The molecule has 2 saturated carbocycles. The highest BCUT2D eigenvalue weighted by Crippen LogP contribution is 2.56. The number of rotatable bonds is 5. The van der Waals surface area contributed by atoms with Crippen molar-refractivity contribution in [3.63, 3.8) is 0 Å². The number of benzene rings is 2. The lowest BCUT2D eigenvalue weighted by Gasteiger charge is -2.27. The second-order valence-corrected chi connectivity index (χ2v) is 10.0. The Balaban J connectivity index is 1.46. The number of hydrogen-bond donors (Lipinski definition) is 1. The van der Waals surface area contributed by atoms with E-state index in [-0.39, 0.29) is 29.6 Å². The van der Waals surface area contributed by atoms with Crippen molar-refractivity contribution in [2.45, 2.75) is 38.6 Å². The van der Waals surface area contributed by atoms with Gasteiger partial charge in [-0.3, -0.25) is 19.3 Å². The molecule has 5 rings (SSSR count). The maximum atomic E-state index is 13.5. The van der Waals surface area contributed by atoms with Crippen molar-refractivity contribution in [1.29, 1.82) is 0 Å². The maximum absolute atomic E-state index is 13.5. The Labute approximate surface area is 190 Å². The number of fused-ring (bicyclic) bond motifs is 5. The predicted octanol–water partition coefficient (Wildman–Crippen LogP) is 4.34. The van der Waals surface area contributed by atoms with E-state index >= 15 is 0 Å². The summed E-state index contributed by atoms with van der Waals surface area (Å²) in [6, 6.07) is 14.4. The topological polar surface area (TPSA) is 66.5 Å². The molecule has 160 valence electrons. The lowest BCUT2D eigenvalue weighted by Crippen LogP contribution is -2.49. The summed E-state index contributed by atoms with van der Waals surface area (Å²) in [7, 11) is 0. The molecule has 1 saturated heterocycles. The highest BCUT2D eigenvalue weighted by Gasteiger charge is 2.62. The van der Waals surface area contributed by atoms with Gasteiger partial charge in [0.25, 0.3) is 0 Å². The molecular weight excluding hydrogens is 456 g/mol. The number of carbonyl (C=O) groups is 3. The molecule has 6 heteroatoms. The van der Waals surface area contributed by atoms with Crippen LogP contribution in [0, 0.1) is 30.6 Å². The van der Waals surface area contributed by atoms with Crippen LogP contribution in [0.5, 0.6) is 0 Å². The van der Waals surface area contributed by atoms with Crippen molar-refractivity contribution in [3.05, 3.63) is 64.1 Å². The normalized spacial score (nSPS) is 27.5. The van der Waals surface area contributed by atoms with E-state index < -0.39 is 6.04 Å². The van der Waals surface area contributed by atoms with Crippen LogP contribution in [0.3, 0.4) is 0 Å². The zero-order valence-electron chi connectivity index (χ0n) is 17.4. The predicted molar refractivity (Wildman–Crippen MR) is 121 cm³/mol. The lowest BCUT2D eigenvalue weighted by molar-refractivity contribution is -0.147. The molecule has 0 unspecified atom stereocenters. The quantitative estimate of drug-likeness (QED) is 0.647. The van der Waals surface area contributed by atoms with Crippen LogP contribution in [0.2, 0.25) is 0 Å². The minimum atomic E-state index is -0.851. The maximum Gasteiger partial charge on any atom is 0.248 e. The second-order valence-electron chi connectivity index (χ2n) is 9.09. The molecule has 2 bridgehead atoms. The van der Waals surface area contributed by atoms with E-state index in [1.54, 1.807) is 0 Å². The molecule has 1 heterocycles. The number of imide groups is 1. The molecule has 2 aromatic carbocycles. The monoisotopic (exact) mass is 480 g/mol. The summed E-state index contributed by atoms with van der Waals surface area (Å²) >= 11 is 3.44. The van der Waals surface area contributed by atoms with Crippen LogP contribution in [0.25, 0.3) is 0 Å². The highest BCUT2D eigenvalue weighted by atomic mass is 79.9. The van der Waals surface area contributed by atoms with Crippen LogP contribution in [0.4, 0.5) is 5.69 Å². The first-order valence-electron chi connectivity index (χ1n) is 10.9. The number of likely N-dealkylation sites (tertiary alicyclic amines) is 1. The van der Waals surface area contributed by atoms with Gasteiger partial charge in [0.1, 0.15) is 6.04 Å². The summed E-state index contributed by atoms with van der Waals surface area (Å²) < 4.78 is 0.928. The molecule has 5 nitrogen and oxygen atoms in total. The van der Waals surface area contributed by atoms with Crippen LogP contribution in [-0.2, 0) is 20.8 Å². The molecule has 0 spiro atoms. The van der Waals surface area contributed by atoms with Gasteiger partial charge in [-0.25, -0.2) is 0 Å². The minimum absolute atomic E-state index is 0.147. The Kier molecular flexibility index (Phi) is 5.21. The smallest absolute Gasteiger partial charge is 0.248 e. The van der Waals surface area contributed by atoms with Gasteiger partial charge in [0.15, 0.2) is 0 Å². The number of nitrogens with zero attached hydrogens (tertiary/aromatic N) is 1. The van der Waals surface area contributed by atoms with Gasteiger partial charge in [-0.1, -0.05) is 46.3 Å². The van der Waals surface area contributed by atoms with Gasteiger partial charge in [-0.15, -0.1) is 0 Å². The van der Waals surface area contributed by atoms with Crippen LogP contribution < -0.4 is 5.32 Å². The van der Waals surface area contributed by atoms with Gasteiger partial charge in [-0.2, -0.15) is 0 Å². The van der Waals surface area contributed by atoms with Crippen molar-refractivity contribution in [1.82, 2.24) is 4.90 Å². The van der Waals surface area contributed by atoms with E-state index in [1.807, 2.05) is 55.5 Å². The van der Waals surface area contributed by atoms with Crippen molar-refractivity contribution < 1.29 is 14.4 Å². The molecule has 31 heavy (non-hydrogen) atoms. The standard InChI is InChI=1S/C25H25BrN2O3/c1-14-11-18(26)9-10-19(14)27-23(29)20(12-15-5-3-2-4-6-15)28-24(30)21-16-7-8-17(13-16)22(21)25(28)31/h2-6,9-11,16-17,20-22H,7-8,12-13H2,1H3,(H,27,29)/t16-,17-,20-,21+,22+/m0/s1.